The number of amides is 1. The molecule has 1 heterocycles. The van der Waals surface area contributed by atoms with Gasteiger partial charge in [-0.2, -0.15) is 21.4 Å². The fraction of sp³-hybridized carbons (Fsp3) is 0.294. The van der Waals surface area contributed by atoms with Gasteiger partial charge in [0.1, 0.15) is 18.4 Å². The van der Waals surface area contributed by atoms with E-state index in [2.05, 4.69) is 17.9 Å². The Morgan fingerprint density at radius 3 is 2.39 bits per heavy atom. The van der Waals surface area contributed by atoms with Crippen LogP contribution in [0, 0.1) is 23.3 Å². The lowest BCUT2D eigenvalue weighted by Crippen LogP contribution is -2.43. The highest BCUT2D eigenvalue weighted by Crippen LogP contribution is 2.27. The third kappa shape index (κ3) is 4.97. The number of esters is 1. The van der Waals surface area contributed by atoms with Gasteiger partial charge in [-0.25, -0.2) is 13.6 Å². The van der Waals surface area contributed by atoms with Gasteiger partial charge in [-0.3, -0.25) is 4.79 Å². The zero-order valence-corrected chi connectivity index (χ0v) is 15.3. The monoisotopic (exact) mass is 421 g/mol. The molecule has 1 N–H and O–H groups in total. The summed E-state index contributed by atoms with van der Waals surface area (Å²) < 4.78 is 68.1. The lowest BCUT2D eigenvalue weighted by atomic mass is 10.3. The predicted molar refractivity (Wildman–Crippen MR) is 91.1 cm³/mol. The summed E-state index contributed by atoms with van der Waals surface area (Å²) in [6.45, 7) is 1.11. The Bertz CT molecular complexity index is 847. The standard InChI is InChI=1S/C17H15F4NO5S/c1-2-25-17(24)11(7-28)22-16(23)12-4-3-8(27-12)6-26-15-13(20)9(18)5-10(19)14(15)21/h3-5,11,28H,2,6-7H2,1H3,(H,22,23)/t11-/m0/s1. The van der Waals surface area contributed by atoms with Gasteiger partial charge < -0.3 is 19.2 Å². The van der Waals surface area contributed by atoms with Gasteiger partial charge in [-0.1, -0.05) is 0 Å². The number of carbonyl (C=O) groups is 2. The Kier molecular flexibility index (Phi) is 7.32. The summed E-state index contributed by atoms with van der Waals surface area (Å²) in [7, 11) is 0. The lowest BCUT2D eigenvalue weighted by molar-refractivity contribution is -0.144. The number of hydrogen-bond donors (Lipinski definition) is 2. The van der Waals surface area contributed by atoms with Crippen LogP contribution >= 0.6 is 12.6 Å². The molecule has 11 heteroatoms. The van der Waals surface area contributed by atoms with Gasteiger partial charge in [0.25, 0.3) is 5.91 Å². The quantitative estimate of drug-likeness (QED) is 0.297. The molecule has 0 radical (unpaired) electrons. The molecule has 0 saturated heterocycles. The largest absolute Gasteiger partial charge is 0.479 e. The molecule has 1 aromatic heterocycles. The number of halogens is 4. The second kappa shape index (κ2) is 9.49. The summed E-state index contributed by atoms with van der Waals surface area (Å²) in [5.74, 6) is -9.66. The minimum absolute atomic E-state index is 0.0229. The maximum Gasteiger partial charge on any atom is 0.329 e. The molecule has 0 fully saturated rings. The number of benzene rings is 1. The second-order valence-corrected chi connectivity index (χ2v) is 5.68. The molecule has 0 aliphatic carbocycles. The SMILES string of the molecule is CCOC(=O)[C@H](CS)NC(=O)c1ccc(COc2c(F)c(F)cc(F)c2F)o1. The fourth-order valence-electron chi connectivity index (χ4n) is 2.05. The molecule has 152 valence electrons. The van der Waals surface area contributed by atoms with Crippen LogP contribution in [0.25, 0.3) is 0 Å². The van der Waals surface area contributed by atoms with Crippen LogP contribution in [0.4, 0.5) is 17.6 Å². The molecule has 0 aliphatic rings. The fourth-order valence-corrected chi connectivity index (χ4v) is 2.29. The van der Waals surface area contributed by atoms with E-state index in [1.165, 1.54) is 12.1 Å². The van der Waals surface area contributed by atoms with Crippen LogP contribution < -0.4 is 10.1 Å². The smallest absolute Gasteiger partial charge is 0.329 e. The van der Waals surface area contributed by atoms with E-state index >= 15 is 0 Å². The summed E-state index contributed by atoms with van der Waals surface area (Å²) in [6, 6.07) is 1.50. The van der Waals surface area contributed by atoms with Crippen molar-refractivity contribution in [2.24, 2.45) is 0 Å². The highest BCUT2D eigenvalue weighted by Gasteiger charge is 2.24. The molecule has 0 spiro atoms. The lowest BCUT2D eigenvalue weighted by Gasteiger charge is -2.14. The van der Waals surface area contributed by atoms with Crippen LogP contribution in [-0.2, 0) is 16.1 Å². The highest BCUT2D eigenvalue weighted by atomic mass is 32.1. The molecule has 0 saturated carbocycles. The summed E-state index contributed by atoms with van der Waals surface area (Å²) in [5.41, 5.74) is 0. The maximum absolute atomic E-state index is 13.5. The van der Waals surface area contributed by atoms with Crippen molar-refractivity contribution < 1.29 is 41.0 Å². The van der Waals surface area contributed by atoms with Crippen molar-refractivity contribution >= 4 is 24.5 Å². The molecular weight excluding hydrogens is 406 g/mol. The van der Waals surface area contributed by atoms with Crippen molar-refractivity contribution in [3.05, 3.63) is 53.0 Å². The Morgan fingerprint density at radius 2 is 1.82 bits per heavy atom. The molecule has 1 amide bonds. The average Bonchev–Trinajstić information content (AvgIpc) is 3.13. The summed E-state index contributed by atoms with van der Waals surface area (Å²) >= 11 is 3.95. The number of thiol groups is 1. The van der Waals surface area contributed by atoms with E-state index in [0.717, 1.165) is 0 Å². The van der Waals surface area contributed by atoms with Gasteiger partial charge >= 0.3 is 5.97 Å². The number of ether oxygens (including phenoxy) is 2. The van der Waals surface area contributed by atoms with Crippen molar-refractivity contribution in [1.82, 2.24) is 5.32 Å². The normalized spacial score (nSPS) is 11.8. The topological polar surface area (TPSA) is 77.8 Å². The average molecular weight is 421 g/mol. The van der Waals surface area contributed by atoms with Gasteiger partial charge in [0.2, 0.25) is 11.6 Å². The maximum atomic E-state index is 13.5. The van der Waals surface area contributed by atoms with Crippen molar-refractivity contribution in [3.63, 3.8) is 0 Å². The molecule has 2 rings (SSSR count). The minimum Gasteiger partial charge on any atom is -0.479 e. The molecule has 2 aromatic rings. The first kappa shape index (κ1) is 21.6. The van der Waals surface area contributed by atoms with Crippen LogP contribution in [-0.4, -0.2) is 30.3 Å². The minimum atomic E-state index is -1.70. The Balaban J connectivity index is 2.05. The molecule has 0 bridgehead atoms. The molecule has 6 nitrogen and oxygen atoms in total. The zero-order chi connectivity index (χ0) is 20.8. The van der Waals surface area contributed by atoms with Gasteiger partial charge in [0, 0.05) is 11.8 Å². The molecule has 0 aliphatic heterocycles. The number of furan rings is 1. The van der Waals surface area contributed by atoms with Gasteiger partial charge in [-0.15, -0.1) is 0 Å². The van der Waals surface area contributed by atoms with E-state index in [4.69, 9.17) is 13.9 Å². The zero-order valence-electron chi connectivity index (χ0n) is 14.4. The first-order chi connectivity index (χ1) is 13.3. The van der Waals surface area contributed by atoms with Crippen LogP contribution in [0.15, 0.2) is 22.6 Å². The summed E-state index contributed by atoms with van der Waals surface area (Å²) in [6.07, 6.45) is 0. The van der Waals surface area contributed by atoms with Crippen LogP contribution in [0.3, 0.4) is 0 Å². The Morgan fingerprint density at radius 1 is 1.18 bits per heavy atom. The molecule has 1 aromatic carbocycles. The van der Waals surface area contributed by atoms with Crippen molar-refractivity contribution in [1.29, 1.82) is 0 Å². The van der Waals surface area contributed by atoms with E-state index in [-0.39, 0.29) is 29.9 Å². The number of nitrogens with one attached hydrogen (secondary N) is 1. The second-order valence-electron chi connectivity index (χ2n) is 5.31. The number of rotatable bonds is 8. The van der Waals surface area contributed by atoms with Gasteiger partial charge in [0.05, 0.1) is 6.61 Å². The van der Waals surface area contributed by atoms with E-state index < -0.39 is 53.5 Å². The van der Waals surface area contributed by atoms with Gasteiger partial charge in [0.15, 0.2) is 23.1 Å². The third-order valence-electron chi connectivity index (χ3n) is 3.37. The van der Waals surface area contributed by atoms with Crippen LogP contribution in [0.2, 0.25) is 0 Å². The predicted octanol–water partition coefficient (Wildman–Crippen LogP) is 3.01. The van der Waals surface area contributed by atoms with Crippen LogP contribution in [0.1, 0.15) is 23.2 Å². The van der Waals surface area contributed by atoms with E-state index in [1.54, 1.807) is 6.92 Å². The first-order valence-corrected chi connectivity index (χ1v) is 8.54. The van der Waals surface area contributed by atoms with Gasteiger partial charge in [-0.05, 0) is 19.1 Å². The van der Waals surface area contributed by atoms with Crippen molar-refractivity contribution in [3.8, 4) is 5.75 Å². The Hall–Kier alpha value is -2.69. The Labute approximate surface area is 162 Å². The molecular formula is C17H15F4NO5S. The summed E-state index contributed by atoms with van der Waals surface area (Å²) in [4.78, 5) is 23.8. The molecule has 1 atom stereocenters. The van der Waals surface area contributed by atoms with E-state index in [1.807, 2.05) is 0 Å². The summed E-state index contributed by atoms with van der Waals surface area (Å²) in [5, 5.41) is 2.34. The first-order valence-electron chi connectivity index (χ1n) is 7.91. The van der Waals surface area contributed by atoms with Crippen molar-refractivity contribution in [2.75, 3.05) is 12.4 Å². The highest BCUT2D eigenvalue weighted by molar-refractivity contribution is 7.80. The number of carbonyl (C=O) groups excluding carboxylic acids is 2. The molecule has 28 heavy (non-hydrogen) atoms. The van der Waals surface area contributed by atoms with Crippen molar-refractivity contribution in [2.45, 2.75) is 19.6 Å². The number of hydrogen-bond acceptors (Lipinski definition) is 6. The van der Waals surface area contributed by atoms with E-state index in [0.29, 0.717) is 0 Å². The third-order valence-corrected chi connectivity index (χ3v) is 3.74. The molecule has 0 unspecified atom stereocenters. The van der Waals surface area contributed by atoms with E-state index in [9.17, 15) is 27.2 Å². The van der Waals surface area contributed by atoms with Crippen LogP contribution in [0.5, 0.6) is 5.75 Å².